The van der Waals surface area contributed by atoms with Crippen LogP contribution in [0.15, 0.2) is 21.2 Å². The van der Waals surface area contributed by atoms with Gasteiger partial charge >= 0.3 is 0 Å². The van der Waals surface area contributed by atoms with Gasteiger partial charge in [0.25, 0.3) is 5.91 Å². The van der Waals surface area contributed by atoms with Crippen molar-refractivity contribution in [2.45, 2.75) is 12.8 Å². The van der Waals surface area contributed by atoms with Crippen LogP contribution in [0, 0.1) is 5.92 Å². The van der Waals surface area contributed by atoms with Gasteiger partial charge in [-0.25, -0.2) is 0 Å². The summed E-state index contributed by atoms with van der Waals surface area (Å²) in [4.78, 5) is 13.7. The highest BCUT2D eigenvalue weighted by Gasteiger charge is 2.25. The Morgan fingerprint density at radius 1 is 1.62 bits per heavy atom. The van der Waals surface area contributed by atoms with Crippen molar-refractivity contribution in [1.29, 1.82) is 0 Å². The van der Waals surface area contributed by atoms with Crippen molar-refractivity contribution in [3.8, 4) is 0 Å². The van der Waals surface area contributed by atoms with Crippen LogP contribution in [0.1, 0.15) is 23.4 Å². The molecule has 1 aliphatic rings. The fraction of sp³-hybridized carbons (Fsp3) is 0.545. The van der Waals surface area contributed by atoms with Crippen LogP contribution < -0.4 is 0 Å². The number of piperidine rings is 1. The number of aliphatic hydroxyl groups is 1. The molecule has 4 nitrogen and oxygen atoms in total. The molecule has 1 saturated heterocycles. The van der Waals surface area contributed by atoms with E-state index in [2.05, 4.69) is 15.9 Å². The van der Waals surface area contributed by atoms with Crippen molar-refractivity contribution in [2.24, 2.45) is 5.92 Å². The van der Waals surface area contributed by atoms with Gasteiger partial charge in [-0.2, -0.15) is 0 Å². The smallest absolute Gasteiger partial charge is 0.289 e. The molecule has 0 saturated carbocycles. The van der Waals surface area contributed by atoms with Crippen LogP contribution in [-0.4, -0.2) is 35.6 Å². The van der Waals surface area contributed by atoms with Crippen molar-refractivity contribution in [3.05, 3.63) is 22.6 Å². The summed E-state index contributed by atoms with van der Waals surface area (Å²) in [6.45, 7) is 1.51. The SMILES string of the molecule is O=C(c1ccc(Br)o1)N1CCCC(CO)C1. The van der Waals surface area contributed by atoms with Gasteiger partial charge in [0.15, 0.2) is 10.4 Å². The maximum Gasteiger partial charge on any atom is 0.289 e. The fourth-order valence-electron chi connectivity index (χ4n) is 1.98. The molecule has 0 bridgehead atoms. The minimum atomic E-state index is -0.0937. The van der Waals surface area contributed by atoms with Crippen LogP contribution in [0.3, 0.4) is 0 Å². The van der Waals surface area contributed by atoms with Gasteiger partial charge in [0, 0.05) is 19.7 Å². The van der Waals surface area contributed by atoms with E-state index in [1.165, 1.54) is 0 Å². The number of likely N-dealkylation sites (tertiary alicyclic amines) is 1. The highest BCUT2D eigenvalue weighted by molar-refractivity contribution is 9.10. The molecule has 0 aliphatic carbocycles. The number of hydrogen-bond donors (Lipinski definition) is 1. The van der Waals surface area contributed by atoms with Crippen molar-refractivity contribution in [2.75, 3.05) is 19.7 Å². The molecule has 1 aromatic heterocycles. The first kappa shape index (κ1) is 11.7. The average Bonchev–Trinajstić information content (AvgIpc) is 2.75. The van der Waals surface area contributed by atoms with Gasteiger partial charge in [0.2, 0.25) is 0 Å². The van der Waals surface area contributed by atoms with Crippen LogP contribution in [0.2, 0.25) is 0 Å². The van der Waals surface area contributed by atoms with E-state index in [1.54, 1.807) is 17.0 Å². The van der Waals surface area contributed by atoms with Gasteiger partial charge in [-0.15, -0.1) is 0 Å². The lowest BCUT2D eigenvalue weighted by atomic mass is 9.99. The molecule has 16 heavy (non-hydrogen) atoms. The number of hydrogen-bond acceptors (Lipinski definition) is 3. The number of amides is 1. The Hall–Kier alpha value is -0.810. The molecule has 1 N–H and O–H groups in total. The van der Waals surface area contributed by atoms with Gasteiger partial charge in [0.05, 0.1) is 0 Å². The van der Waals surface area contributed by atoms with E-state index in [0.717, 1.165) is 19.4 Å². The molecule has 0 aromatic carbocycles. The second-order valence-electron chi connectivity index (χ2n) is 4.05. The zero-order valence-corrected chi connectivity index (χ0v) is 10.4. The first-order chi connectivity index (χ1) is 7.70. The lowest BCUT2D eigenvalue weighted by Crippen LogP contribution is -2.40. The molecule has 0 spiro atoms. The van der Waals surface area contributed by atoms with Crippen molar-refractivity contribution in [1.82, 2.24) is 4.90 Å². The molecule has 2 heterocycles. The number of aliphatic hydroxyl groups excluding tert-OH is 1. The Morgan fingerprint density at radius 2 is 2.44 bits per heavy atom. The summed E-state index contributed by atoms with van der Waals surface area (Å²) in [7, 11) is 0. The fourth-order valence-corrected chi connectivity index (χ4v) is 2.29. The Labute approximate surface area is 102 Å². The second-order valence-corrected chi connectivity index (χ2v) is 4.83. The largest absolute Gasteiger partial charge is 0.444 e. The molecule has 1 aliphatic heterocycles. The molecule has 0 radical (unpaired) electrons. The maximum atomic E-state index is 12.0. The predicted molar refractivity (Wildman–Crippen MR) is 62.1 cm³/mol. The monoisotopic (exact) mass is 287 g/mol. The minimum absolute atomic E-state index is 0.0937. The third-order valence-electron chi connectivity index (χ3n) is 2.85. The zero-order chi connectivity index (χ0) is 11.5. The molecule has 1 atom stereocenters. The molecule has 1 amide bonds. The van der Waals surface area contributed by atoms with Crippen LogP contribution in [0.5, 0.6) is 0 Å². The Kier molecular flexibility index (Phi) is 3.66. The van der Waals surface area contributed by atoms with Gasteiger partial charge in [-0.3, -0.25) is 4.79 Å². The van der Waals surface area contributed by atoms with E-state index in [0.29, 0.717) is 17.0 Å². The zero-order valence-electron chi connectivity index (χ0n) is 8.86. The Balaban J connectivity index is 2.04. The molecule has 1 unspecified atom stereocenters. The van der Waals surface area contributed by atoms with E-state index >= 15 is 0 Å². The average molecular weight is 288 g/mol. The number of carbonyl (C=O) groups is 1. The van der Waals surface area contributed by atoms with E-state index in [-0.39, 0.29) is 18.4 Å². The van der Waals surface area contributed by atoms with E-state index in [9.17, 15) is 4.79 Å². The van der Waals surface area contributed by atoms with Crippen molar-refractivity contribution < 1.29 is 14.3 Å². The molecular formula is C11H14BrNO3. The normalized spacial score (nSPS) is 21.1. The molecule has 88 valence electrons. The van der Waals surface area contributed by atoms with Crippen molar-refractivity contribution in [3.63, 3.8) is 0 Å². The van der Waals surface area contributed by atoms with Gasteiger partial charge in [0.1, 0.15) is 0 Å². The maximum absolute atomic E-state index is 12.0. The van der Waals surface area contributed by atoms with Crippen LogP contribution in [0.25, 0.3) is 0 Å². The minimum Gasteiger partial charge on any atom is -0.444 e. The molecule has 2 rings (SSSR count). The number of rotatable bonds is 2. The Morgan fingerprint density at radius 3 is 3.06 bits per heavy atom. The molecular weight excluding hydrogens is 274 g/mol. The molecule has 5 heteroatoms. The Bertz CT molecular complexity index is 377. The summed E-state index contributed by atoms with van der Waals surface area (Å²) in [6, 6.07) is 3.37. The van der Waals surface area contributed by atoms with E-state index in [1.807, 2.05) is 0 Å². The number of carbonyl (C=O) groups excluding carboxylic acids is 1. The number of furan rings is 1. The van der Waals surface area contributed by atoms with E-state index in [4.69, 9.17) is 9.52 Å². The summed E-state index contributed by atoms with van der Waals surface area (Å²) >= 11 is 3.17. The highest BCUT2D eigenvalue weighted by atomic mass is 79.9. The second kappa shape index (κ2) is 5.01. The summed E-state index contributed by atoms with van der Waals surface area (Å²) in [5.41, 5.74) is 0. The lowest BCUT2D eigenvalue weighted by Gasteiger charge is -2.31. The highest BCUT2D eigenvalue weighted by Crippen LogP contribution is 2.20. The van der Waals surface area contributed by atoms with Crippen LogP contribution >= 0.6 is 15.9 Å². The molecule has 1 fully saturated rings. The molecule has 1 aromatic rings. The quantitative estimate of drug-likeness (QED) is 0.904. The topological polar surface area (TPSA) is 53.7 Å². The summed E-state index contributed by atoms with van der Waals surface area (Å²) < 4.78 is 5.79. The van der Waals surface area contributed by atoms with Crippen molar-refractivity contribution >= 4 is 21.8 Å². The van der Waals surface area contributed by atoms with Gasteiger partial charge < -0.3 is 14.4 Å². The van der Waals surface area contributed by atoms with Crippen LogP contribution in [-0.2, 0) is 0 Å². The first-order valence-electron chi connectivity index (χ1n) is 5.36. The summed E-state index contributed by atoms with van der Waals surface area (Å²) in [5.74, 6) is 0.463. The third kappa shape index (κ3) is 2.47. The van der Waals surface area contributed by atoms with E-state index < -0.39 is 0 Å². The van der Waals surface area contributed by atoms with Crippen LogP contribution in [0.4, 0.5) is 0 Å². The first-order valence-corrected chi connectivity index (χ1v) is 6.15. The number of nitrogens with zero attached hydrogens (tertiary/aromatic N) is 1. The predicted octanol–water partition coefficient (Wildman–Crippen LogP) is 1.89. The number of halogens is 1. The summed E-state index contributed by atoms with van der Waals surface area (Å²) in [5, 5.41) is 9.10. The standard InChI is InChI=1S/C11H14BrNO3/c12-10-4-3-9(16-10)11(15)13-5-1-2-8(6-13)7-14/h3-4,8,14H,1-2,5-7H2. The van der Waals surface area contributed by atoms with Gasteiger partial charge in [-0.05, 0) is 46.8 Å². The summed E-state index contributed by atoms with van der Waals surface area (Å²) in [6.07, 6.45) is 1.93. The van der Waals surface area contributed by atoms with Gasteiger partial charge in [-0.1, -0.05) is 0 Å². The lowest BCUT2D eigenvalue weighted by molar-refractivity contribution is 0.0589. The third-order valence-corrected chi connectivity index (χ3v) is 3.27.